The zero-order valence-electron chi connectivity index (χ0n) is 15.9. The molecule has 0 atom stereocenters. The molecule has 0 unspecified atom stereocenters. The lowest BCUT2D eigenvalue weighted by atomic mass is 10.2. The first-order chi connectivity index (χ1) is 12.9. The van der Waals surface area contributed by atoms with Crippen LogP contribution in [-0.4, -0.2) is 28.0 Å². The molecule has 0 bridgehead atoms. The molecule has 1 heterocycles. The number of nitrogens with zero attached hydrogens (tertiary/aromatic N) is 1. The molecule has 2 rings (SSSR count). The summed E-state index contributed by atoms with van der Waals surface area (Å²) in [5.41, 5.74) is 0.912. The van der Waals surface area contributed by atoms with E-state index in [0.717, 1.165) is 34.6 Å². The van der Waals surface area contributed by atoms with Gasteiger partial charge in [-0.15, -0.1) is 0 Å². The Balaban J connectivity index is 0.000000293. The summed E-state index contributed by atoms with van der Waals surface area (Å²) in [5, 5.41) is 10.7. The molecule has 1 aromatic heterocycles. The molecule has 148 valence electrons. The molecule has 1 aromatic carbocycles. The first-order valence-corrected chi connectivity index (χ1v) is 9.87. The van der Waals surface area contributed by atoms with E-state index in [1.165, 1.54) is 0 Å². The van der Waals surface area contributed by atoms with Gasteiger partial charge in [0.15, 0.2) is 5.82 Å². The molecule has 0 fully saturated rings. The zero-order valence-corrected chi connectivity index (χ0v) is 17.5. The van der Waals surface area contributed by atoms with Crippen LogP contribution in [0.3, 0.4) is 0 Å². The van der Waals surface area contributed by atoms with Gasteiger partial charge in [-0.2, -0.15) is 5.10 Å². The molecule has 0 aliphatic heterocycles. The number of aromatic nitrogens is 2. The van der Waals surface area contributed by atoms with Crippen molar-refractivity contribution in [2.75, 3.05) is 5.32 Å². The van der Waals surface area contributed by atoms with Crippen LogP contribution in [0, 0.1) is 0 Å². The Kier molecular flexibility index (Phi) is 10.3. The summed E-state index contributed by atoms with van der Waals surface area (Å²) in [6.07, 6.45) is 3.45. The van der Waals surface area contributed by atoms with E-state index >= 15 is 0 Å². The Labute approximate surface area is 167 Å². The van der Waals surface area contributed by atoms with E-state index in [-0.39, 0.29) is 5.91 Å². The summed E-state index contributed by atoms with van der Waals surface area (Å²) >= 11 is 3.39. The van der Waals surface area contributed by atoms with Crippen molar-refractivity contribution in [3.8, 4) is 0 Å². The third-order valence-corrected chi connectivity index (χ3v) is 3.89. The number of amides is 1. The lowest BCUT2D eigenvalue weighted by Gasteiger charge is -2.00. The molecule has 0 aliphatic rings. The predicted octanol–water partition coefficient (Wildman–Crippen LogP) is 4.72. The first-order valence-electron chi connectivity index (χ1n) is 9.08. The minimum absolute atomic E-state index is 0.00382. The van der Waals surface area contributed by atoms with Gasteiger partial charge in [0.25, 0.3) is 0 Å². The van der Waals surface area contributed by atoms with Gasteiger partial charge in [0.1, 0.15) is 0 Å². The standard InChI is InChI=1S/C11H12BrN3O.C8H14O3/c1-2-3-10(16)13-11-8-6-7(12)4-5-9(8)14-15-11;1-3-5-7(9)11-8(10)6-4-2/h4-6H,2-3H2,1H3,(H2,13,14,15,16);3-6H2,1-2H3. The second-order valence-corrected chi connectivity index (χ2v) is 6.82. The van der Waals surface area contributed by atoms with E-state index in [1.54, 1.807) is 0 Å². The molecular weight excluding hydrogens is 414 g/mol. The summed E-state index contributed by atoms with van der Waals surface area (Å²) in [7, 11) is 0. The van der Waals surface area contributed by atoms with Gasteiger partial charge in [0.2, 0.25) is 5.91 Å². The molecule has 0 radical (unpaired) electrons. The maximum absolute atomic E-state index is 11.5. The maximum atomic E-state index is 11.5. The van der Waals surface area contributed by atoms with Crippen LogP contribution in [0.15, 0.2) is 22.7 Å². The van der Waals surface area contributed by atoms with Crippen molar-refractivity contribution in [2.24, 2.45) is 0 Å². The van der Waals surface area contributed by atoms with Crippen LogP contribution in [0.1, 0.15) is 59.3 Å². The van der Waals surface area contributed by atoms with Gasteiger partial charge in [-0.25, -0.2) is 0 Å². The summed E-state index contributed by atoms with van der Waals surface area (Å²) in [6.45, 7) is 5.70. The van der Waals surface area contributed by atoms with Crippen molar-refractivity contribution < 1.29 is 19.1 Å². The van der Waals surface area contributed by atoms with Gasteiger partial charge in [-0.1, -0.05) is 36.7 Å². The topological polar surface area (TPSA) is 101 Å². The van der Waals surface area contributed by atoms with Crippen LogP contribution < -0.4 is 5.32 Å². The van der Waals surface area contributed by atoms with Crippen molar-refractivity contribution in [1.82, 2.24) is 10.2 Å². The Hall–Kier alpha value is -2.22. The number of halogens is 1. The molecule has 7 nitrogen and oxygen atoms in total. The highest BCUT2D eigenvalue weighted by atomic mass is 79.9. The second kappa shape index (κ2) is 12.2. The highest BCUT2D eigenvalue weighted by molar-refractivity contribution is 9.10. The number of rotatable bonds is 7. The molecule has 2 N–H and O–H groups in total. The average Bonchev–Trinajstić information content (AvgIpc) is 2.98. The summed E-state index contributed by atoms with van der Waals surface area (Å²) < 4.78 is 5.42. The quantitative estimate of drug-likeness (QED) is 0.479. The van der Waals surface area contributed by atoms with Gasteiger partial charge in [0.05, 0.1) is 5.52 Å². The number of hydrogen-bond donors (Lipinski definition) is 2. The van der Waals surface area contributed by atoms with E-state index in [9.17, 15) is 14.4 Å². The largest absolute Gasteiger partial charge is 0.393 e. The van der Waals surface area contributed by atoms with Crippen LogP contribution in [0.25, 0.3) is 10.9 Å². The molecule has 0 aliphatic carbocycles. The number of fused-ring (bicyclic) bond motifs is 1. The smallest absolute Gasteiger partial charge is 0.313 e. The molecule has 0 spiro atoms. The molecule has 8 heteroatoms. The Bertz CT molecular complexity index is 757. The fraction of sp³-hybridized carbons (Fsp3) is 0.474. The average molecular weight is 440 g/mol. The van der Waals surface area contributed by atoms with Crippen molar-refractivity contribution in [2.45, 2.75) is 59.3 Å². The number of carbonyl (C=O) groups excluding carboxylic acids is 3. The van der Waals surface area contributed by atoms with E-state index < -0.39 is 11.9 Å². The highest BCUT2D eigenvalue weighted by Gasteiger charge is 2.09. The lowest BCUT2D eigenvalue weighted by Crippen LogP contribution is -2.11. The van der Waals surface area contributed by atoms with Crippen molar-refractivity contribution in [3.05, 3.63) is 22.7 Å². The third-order valence-electron chi connectivity index (χ3n) is 3.40. The Morgan fingerprint density at radius 1 is 1.04 bits per heavy atom. The fourth-order valence-electron chi connectivity index (χ4n) is 2.14. The van der Waals surface area contributed by atoms with Crippen molar-refractivity contribution in [1.29, 1.82) is 0 Å². The zero-order chi connectivity index (χ0) is 20.2. The number of carbonyl (C=O) groups is 3. The van der Waals surface area contributed by atoms with Crippen LogP contribution in [0.2, 0.25) is 0 Å². The molecule has 0 saturated heterocycles. The number of benzene rings is 1. The maximum Gasteiger partial charge on any atom is 0.313 e. The normalized spacial score (nSPS) is 10.1. The van der Waals surface area contributed by atoms with Crippen molar-refractivity contribution in [3.63, 3.8) is 0 Å². The monoisotopic (exact) mass is 439 g/mol. The lowest BCUT2D eigenvalue weighted by molar-refractivity contribution is -0.159. The van der Waals surface area contributed by atoms with E-state index in [0.29, 0.717) is 25.1 Å². The minimum Gasteiger partial charge on any atom is -0.393 e. The van der Waals surface area contributed by atoms with Crippen LogP contribution in [0.4, 0.5) is 5.82 Å². The van der Waals surface area contributed by atoms with Gasteiger partial charge in [-0.05, 0) is 37.5 Å². The van der Waals surface area contributed by atoms with Crippen molar-refractivity contribution >= 4 is 50.5 Å². The summed E-state index contributed by atoms with van der Waals surface area (Å²) in [6, 6.07) is 5.78. The van der Waals surface area contributed by atoms with E-state index in [1.807, 2.05) is 39.0 Å². The number of ether oxygens (including phenoxy) is 1. The van der Waals surface area contributed by atoms with Gasteiger partial charge in [0, 0.05) is 29.1 Å². The number of anilines is 1. The van der Waals surface area contributed by atoms with Crippen LogP contribution in [-0.2, 0) is 19.1 Å². The van der Waals surface area contributed by atoms with E-state index in [4.69, 9.17) is 0 Å². The SMILES string of the molecule is CCCC(=O)Nc1n[nH]c2ccc(Br)cc12.CCCC(=O)OC(=O)CCC. The summed E-state index contributed by atoms with van der Waals surface area (Å²) in [4.78, 5) is 32.8. The van der Waals surface area contributed by atoms with Gasteiger partial charge >= 0.3 is 11.9 Å². The Morgan fingerprint density at radius 2 is 1.63 bits per heavy atom. The molecule has 2 aromatic rings. The van der Waals surface area contributed by atoms with Crippen LogP contribution in [0.5, 0.6) is 0 Å². The van der Waals surface area contributed by atoms with Crippen LogP contribution >= 0.6 is 15.9 Å². The number of hydrogen-bond acceptors (Lipinski definition) is 5. The third kappa shape index (κ3) is 8.34. The Morgan fingerprint density at radius 3 is 2.19 bits per heavy atom. The number of aromatic amines is 1. The minimum atomic E-state index is -0.411. The number of esters is 2. The second-order valence-electron chi connectivity index (χ2n) is 5.91. The fourth-order valence-corrected chi connectivity index (χ4v) is 2.50. The number of nitrogens with one attached hydrogen (secondary N) is 2. The molecule has 27 heavy (non-hydrogen) atoms. The summed E-state index contributed by atoms with van der Waals surface area (Å²) in [5.74, 6) is -0.234. The van der Waals surface area contributed by atoms with Gasteiger partial charge < -0.3 is 10.1 Å². The highest BCUT2D eigenvalue weighted by Crippen LogP contribution is 2.24. The molecule has 1 amide bonds. The molecule has 0 saturated carbocycles. The first kappa shape index (κ1) is 22.8. The van der Waals surface area contributed by atoms with E-state index in [2.05, 4.69) is 36.2 Å². The number of H-pyrrole nitrogens is 1. The van der Waals surface area contributed by atoms with Gasteiger partial charge in [-0.3, -0.25) is 19.5 Å². The molecular formula is C19H26BrN3O4. The predicted molar refractivity (Wildman–Crippen MR) is 108 cm³/mol.